The third-order valence-electron chi connectivity index (χ3n) is 2.88. The Kier molecular flexibility index (Phi) is 5.90. The Morgan fingerprint density at radius 3 is 2.58 bits per heavy atom. The summed E-state index contributed by atoms with van der Waals surface area (Å²) in [4.78, 5) is 1.28. The summed E-state index contributed by atoms with van der Waals surface area (Å²) < 4.78 is 0. The SMILES string of the molecule is Cc1cccc(SC(C)CC(C)(C#N)NC(C)C)c1. The Morgan fingerprint density at radius 2 is 2.05 bits per heavy atom. The second kappa shape index (κ2) is 6.98. The van der Waals surface area contributed by atoms with Crippen molar-refractivity contribution in [2.45, 2.75) is 62.8 Å². The molecule has 0 radical (unpaired) electrons. The highest BCUT2D eigenvalue weighted by Gasteiger charge is 2.27. The molecule has 104 valence electrons. The van der Waals surface area contributed by atoms with Crippen LogP contribution in [0.1, 0.15) is 39.7 Å². The van der Waals surface area contributed by atoms with Crippen LogP contribution in [-0.4, -0.2) is 16.8 Å². The van der Waals surface area contributed by atoms with E-state index >= 15 is 0 Å². The molecule has 0 fully saturated rings. The minimum atomic E-state index is -0.454. The van der Waals surface area contributed by atoms with Gasteiger partial charge in [0.25, 0.3) is 0 Å². The highest BCUT2D eigenvalue weighted by Crippen LogP contribution is 2.29. The average molecular weight is 276 g/mol. The van der Waals surface area contributed by atoms with Gasteiger partial charge in [0, 0.05) is 16.2 Å². The molecule has 2 nitrogen and oxygen atoms in total. The molecule has 1 aromatic carbocycles. The first-order chi connectivity index (χ1) is 8.84. The van der Waals surface area contributed by atoms with Crippen LogP contribution in [0.3, 0.4) is 0 Å². The largest absolute Gasteiger partial charge is 0.297 e. The number of nitrogens with one attached hydrogen (secondary N) is 1. The fraction of sp³-hybridized carbons (Fsp3) is 0.562. The molecule has 1 rings (SSSR count). The summed E-state index contributed by atoms with van der Waals surface area (Å²) in [6.07, 6.45) is 0.834. The lowest BCUT2D eigenvalue weighted by atomic mass is 9.97. The number of nitrogens with zero attached hydrogens (tertiary/aromatic N) is 1. The second-order valence-corrected chi connectivity index (χ2v) is 7.20. The zero-order valence-corrected chi connectivity index (χ0v) is 13.3. The van der Waals surface area contributed by atoms with Crippen LogP contribution in [0.25, 0.3) is 0 Å². The van der Waals surface area contributed by atoms with Gasteiger partial charge in [0.15, 0.2) is 0 Å². The highest BCUT2D eigenvalue weighted by molar-refractivity contribution is 7.99. The molecule has 19 heavy (non-hydrogen) atoms. The van der Waals surface area contributed by atoms with Gasteiger partial charge in [0.05, 0.1) is 6.07 Å². The van der Waals surface area contributed by atoms with Crippen molar-refractivity contribution < 1.29 is 0 Å². The molecule has 0 aliphatic carbocycles. The maximum absolute atomic E-state index is 9.37. The monoisotopic (exact) mass is 276 g/mol. The predicted molar refractivity (Wildman–Crippen MR) is 83.4 cm³/mol. The molecule has 0 aromatic heterocycles. The Hall–Kier alpha value is -0.980. The number of rotatable bonds is 6. The zero-order chi connectivity index (χ0) is 14.5. The first-order valence-corrected chi connectivity index (χ1v) is 7.65. The molecule has 0 bridgehead atoms. The van der Waals surface area contributed by atoms with Crippen molar-refractivity contribution in [3.05, 3.63) is 29.8 Å². The van der Waals surface area contributed by atoms with Crippen LogP contribution in [0.2, 0.25) is 0 Å². The summed E-state index contributed by atoms with van der Waals surface area (Å²) in [5.74, 6) is 0. The second-order valence-electron chi connectivity index (χ2n) is 5.69. The molecule has 1 N–H and O–H groups in total. The summed E-state index contributed by atoms with van der Waals surface area (Å²) in [6.45, 7) is 10.4. The van der Waals surface area contributed by atoms with Crippen LogP contribution in [-0.2, 0) is 0 Å². The Balaban J connectivity index is 2.64. The van der Waals surface area contributed by atoms with Crippen molar-refractivity contribution >= 4 is 11.8 Å². The van der Waals surface area contributed by atoms with Gasteiger partial charge in [-0.05, 0) is 46.2 Å². The van der Waals surface area contributed by atoms with Gasteiger partial charge >= 0.3 is 0 Å². The highest BCUT2D eigenvalue weighted by atomic mass is 32.2. The van der Waals surface area contributed by atoms with E-state index in [1.165, 1.54) is 10.5 Å². The molecule has 0 spiro atoms. The van der Waals surface area contributed by atoms with Crippen LogP contribution >= 0.6 is 11.8 Å². The van der Waals surface area contributed by atoms with E-state index in [9.17, 15) is 5.26 Å². The van der Waals surface area contributed by atoms with Gasteiger partial charge in [-0.15, -0.1) is 11.8 Å². The third kappa shape index (κ3) is 5.67. The quantitative estimate of drug-likeness (QED) is 0.793. The standard InChI is InChI=1S/C16H24N2S/c1-12(2)18-16(5,11-17)10-14(4)19-15-8-6-7-13(3)9-15/h6-9,12,14,18H,10H2,1-5H3. The molecular formula is C16H24N2S. The molecule has 3 heteroatoms. The van der Waals surface area contributed by atoms with E-state index < -0.39 is 5.54 Å². The van der Waals surface area contributed by atoms with E-state index in [1.807, 2.05) is 18.7 Å². The normalized spacial score (nSPS) is 15.8. The maximum Gasteiger partial charge on any atom is 0.105 e. The topological polar surface area (TPSA) is 35.8 Å². The fourth-order valence-corrected chi connectivity index (χ4v) is 3.60. The molecular weight excluding hydrogens is 252 g/mol. The molecule has 0 saturated heterocycles. The van der Waals surface area contributed by atoms with Crippen molar-refractivity contribution in [3.8, 4) is 6.07 Å². The number of thioether (sulfide) groups is 1. The third-order valence-corrected chi connectivity index (χ3v) is 3.97. The van der Waals surface area contributed by atoms with Crippen molar-refractivity contribution in [1.82, 2.24) is 5.32 Å². The lowest BCUT2D eigenvalue weighted by Crippen LogP contribution is -2.46. The van der Waals surface area contributed by atoms with Crippen molar-refractivity contribution in [2.75, 3.05) is 0 Å². The fourth-order valence-electron chi connectivity index (χ4n) is 2.31. The van der Waals surface area contributed by atoms with Crippen LogP contribution in [0.4, 0.5) is 0 Å². The summed E-state index contributed by atoms with van der Waals surface area (Å²) in [5, 5.41) is 13.1. The van der Waals surface area contributed by atoms with Gasteiger partial charge in [-0.3, -0.25) is 5.32 Å². The van der Waals surface area contributed by atoms with E-state index in [1.54, 1.807) is 0 Å². The summed E-state index contributed by atoms with van der Waals surface area (Å²) in [6, 6.07) is 11.3. The van der Waals surface area contributed by atoms with Gasteiger partial charge in [-0.25, -0.2) is 0 Å². The van der Waals surface area contributed by atoms with E-state index in [-0.39, 0.29) is 0 Å². The smallest absolute Gasteiger partial charge is 0.105 e. The Morgan fingerprint density at radius 1 is 1.37 bits per heavy atom. The Labute approximate surface area is 121 Å². The zero-order valence-electron chi connectivity index (χ0n) is 12.5. The molecule has 0 heterocycles. The summed E-state index contributed by atoms with van der Waals surface area (Å²) >= 11 is 1.84. The molecule has 0 amide bonds. The van der Waals surface area contributed by atoms with Crippen LogP contribution in [0.15, 0.2) is 29.2 Å². The van der Waals surface area contributed by atoms with Crippen molar-refractivity contribution in [1.29, 1.82) is 5.26 Å². The van der Waals surface area contributed by atoms with Gasteiger partial charge < -0.3 is 0 Å². The van der Waals surface area contributed by atoms with Gasteiger partial charge in [-0.2, -0.15) is 5.26 Å². The number of aryl methyl sites for hydroxylation is 1. The van der Waals surface area contributed by atoms with E-state index in [2.05, 4.69) is 63.3 Å². The first kappa shape index (κ1) is 16.1. The van der Waals surface area contributed by atoms with Gasteiger partial charge in [0.2, 0.25) is 0 Å². The van der Waals surface area contributed by atoms with Crippen LogP contribution in [0.5, 0.6) is 0 Å². The predicted octanol–water partition coefficient (Wildman–Crippen LogP) is 4.15. The molecule has 2 unspecified atom stereocenters. The van der Waals surface area contributed by atoms with Gasteiger partial charge in [0.1, 0.15) is 5.54 Å². The minimum Gasteiger partial charge on any atom is -0.297 e. The molecule has 0 aliphatic heterocycles. The number of benzene rings is 1. The minimum absolute atomic E-state index is 0.320. The van der Waals surface area contributed by atoms with Crippen LogP contribution < -0.4 is 5.32 Å². The van der Waals surface area contributed by atoms with Gasteiger partial charge in [-0.1, -0.05) is 24.6 Å². The van der Waals surface area contributed by atoms with Crippen LogP contribution in [0, 0.1) is 18.3 Å². The number of nitriles is 1. The van der Waals surface area contributed by atoms with Crippen molar-refractivity contribution in [3.63, 3.8) is 0 Å². The van der Waals surface area contributed by atoms with Crippen molar-refractivity contribution in [2.24, 2.45) is 0 Å². The lowest BCUT2D eigenvalue weighted by Gasteiger charge is -2.28. The summed E-state index contributed by atoms with van der Waals surface area (Å²) in [7, 11) is 0. The first-order valence-electron chi connectivity index (χ1n) is 6.77. The molecule has 1 aromatic rings. The number of hydrogen-bond acceptors (Lipinski definition) is 3. The molecule has 0 saturated carbocycles. The Bertz CT molecular complexity index is 450. The molecule has 2 atom stereocenters. The average Bonchev–Trinajstić information content (AvgIpc) is 2.27. The number of hydrogen-bond donors (Lipinski definition) is 1. The molecule has 0 aliphatic rings. The van der Waals surface area contributed by atoms with E-state index in [4.69, 9.17) is 0 Å². The van der Waals surface area contributed by atoms with E-state index in [0.717, 1.165) is 6.42 Å². The lowest BCUT2D eigenvalue weighted by molar-refractivity contribution is 0.382. The maximum atomic E-state index is 9.37. The summed E-state index contributed by atoms with van der Waals surface area (Å²) in [5.41, 5.74) is 0.824. The van der Waals surface area contributed by atoms with E-state index in [0.29, 0.717) is 11.3 Å².